The molecule has 16 heavy (non-hydrogen) atoms. The molecule has 0 atom stereocenters. The number of fused-ring (bicyclic) bond motifs is 1. The molecule has 0 radical (unpaired) electrons. The summed E-state index contributed by atoms with van der Waals surface area (Å²) in [6, 6.07) is 5.87. The molecule has 1 aromatic carbocycles. The van der Waals surface area contributed by atoms with Crippen LogP contribution >= 0.6 is 0 Å². The predicted molar refractivity (Wildman–Crippen MR) is 56.8 cm³/mol. The summed E-state index contributed by atoms with van der Waals surface area (Å²) in [6.07, 6.45) is 0.932. The highest BCUT2D eigenvalue weighted by Gasteiger charge is 2.15. The van der Waals surface area contributed by atoms with Gasteiger partial charge in [-0.1, -0.05) is 0 Å². The maximum Gasteiger partial charge on any atom is 0.247 e. The molecule has 5 heteroatoms. The minimum atomic E-state index is 0.265. The molecule has 0 fully saturated rings. The summed E-state index contributed by atoms with van der Waals surface area (Å²) in [7, 11) is 0. The van der Waals surface area contributed by atoms with Crippen molar-refractivity contribution in [2.75, 3.05) is 6.61 Å². The Bertz CT molecular complexity index is 522. The zero-order valence-electron chi connectivity index (χ0n) is 8.64. The van der Waals surface area contributed by atoms with Crippen LogP contribution in [-0.2, 0) is 13.0 Å². The van der Waals surface area contributed by atoms with Gasteiger partial charge in [-0.25, -0.2) is 0 Å². The number of nitrogens with zero attached hydrogens (tertiary/aromatic N) is 2. The first-order chi connectivity index (χ1) is 7.86. The molecule has 0 amide bonds. The highest BCUT2D eigenvalue weighted by atomic mass is 16.5. The molecule has 2 N–H and O–H groups in total. The molecular formula is C11H11N3O2. The van der Waals surface area contributed by atoms with Gasteiger partial charge in [0.25, 0.3) is 0 Å². The SMILES string of the molecule is NCc1nnc(-c2ccc3c(c2)CCO3)o1. The number of aromatic nitrogens is 2. The van der Waals surface area contributed by atoms with E-state index < -0.39 is 0 Å². The second-order valence-electron chi connectivity index (χ2n) is 3.63. The van der Waals surface area contributed by atoms with E-state index in [1.54, 1.807) is 0 Å². The van der Waals surface area contributed by atoms with Gasteiger partial charge in [-0.05, 0) is 23.8 Å². The lowest BCUT2D eigenvalue weighted by Crippen LogP contribution is -1.95. The Labute approximate surface area is 92.2 Å². The standard InChI is InChI=1S/C11H11N3O2/c12-6-10-13-14-11(16-10)8-1-2-9-7(5-8)3-4-15-9/h1-2,5H,3-4,6,12H2. The Morgan fingerprint density at radius 1 is 1.31 bits per heavy atom. The number of benzene rings is 1. The van der Waals surface area contributed by atoms with E-state index in [-0.39, 0.29) is 6.54 Å². The lowest BCUT2D eigenvalue weighted by molar-refractivity contribution is 0.357. The third-order valence-electron chi connectivity index (χ3n) is 2.58. The molecular weight excluding hydrogens is 206 g/mol. The number of hydrogen-bond donors (Lipinski definition) is 1. The summed E-state index contributed by atoms with van der Waals surface area (Å²) in [4.78, 5) is 0. The smallest absolute Gasteiger partial charge is 0.247 e. The van der Waals surface area contributed by atoms with Crippen molar-refractivity contribution in [2.45, 2.75) is 13.0 Å². The summed E-state index contributed by atoms with van der Waals surface area (Å²) in [6.45, 7) is 1.01. The number of ether oxygens (including phenoxy) is 1. The molecule has 1 aromatic heterocycles. The topological polar surface area (TPSA) is 74.2 Å². The lowest BCUT2D eigenvalue weighted by atomic mass is 10.1. The Morgan fingerprint density at radius 3 is 3.06 bits per heavy atom. The first kappa shape index (κ1) is 9.35. The Morgan fingerprint density at radius 2 is 2.25 bits per heavy atom. The van der Waals surface area contributed by atoms with Crippen molar-refractivity contribution < 1.29 is 9.15 Å². The van der Waals surface area contributed by atoms with Crippen LogP contribution in [0.3, 0.4) is 0 Å². The van der Waals surface area contributed by atoms with E-state index >= 15 is 0 Å². The zero-order valence-corrected chi connectivity index (χ0v) is 8.64. The van der Waals surface area contributed by atoms with Crippen LogP contribution in [0.15, 0.2) is 22.6 Å². The highest BCUT2D eigenvalue weighted by Crippen LogP contribution is 2.29. The summed E-state index contributed by atoms with van der Waals surface area (Å²) in [5.74, 6) is 1.91. The van der Waals surface area contributed by atoms with Gasteiger partial charge < -0.3 is 14.9 Å². The molecule has 3 rings (SSSR count). The molecule has 0 aliphatic carbocycles. The minimum absolute atomic E-state index is 0.265. The van der Waals surface area contributed by atoms with Gasteiger partial charge in [-0.15, -0.1) is 10.2 Å². The van der Waals surface area contributed by atoms with Gasteiger partial charge in [0.2, 0.25) is 11.8 Å². The second kappa shape index (κ2) is 3.61. The van der Waals surface area contributed by atoms with Gasteiger partial charge in [-0.3, -0.25) is 0 Å². The fraction of sp³-hybridized carbons (Fsp3) is 0.273. The van der Waals surface area contributed by atoms with Gasteiger partial charge in [0.1, 0.15) is 5.75 Å². The molecule has 2 heterocycles. The van der Waals surface area contributed by atoms with Gasteiger partial charge in [0.15, 0.2) is 0 Å². The molecule has 0 saturated carbocycles. The molecule has 1 aliphatic heterocycles. The van der Waals surface area contributed by atoms with Gasteiger partial charge in [0.05, 0.1) is 13.2 Å². The lowest BCUT2D eigenvalue weighted by Gasteiger charge is -1.99. The van der Waals surface area contributed by atoms with Gasteiger partial charge in [-0.2, -0.15) is 0 Å². The first-order valence-corrected chi connectivity index (χ1v) is 5.15. The fourth-order valence-electron chi connectivity index (χ4n) is 1.77. The number of rotatable bonds is 2. The van der Waals surface area contributed by atoms with Crippen molar-refractivity contribution in [1.29, 1.82) is 0 Å². The third kappa shape index (κ3) is 1.45. The van der Waals surface area contributed by atoms with Crippen molar-refractivity contribution >= 4 is 0 Å². The number of hydrogen-bond acceptors (Lipinski definition) is 5. The van der Waals surface area contributed by atoms with E-state index in [1.807, 2.05) is 18.2 Å². The summed E-state index contributed by atoms with van der Waals surface area (Å²) >= 11 is 0. The maximum absolute atomic E-state index is 5.43. The van der Waals surface area contributed by atoms with Crippen LogP contribution in [-0.4, -0.2) is 16.8 Å². The average Bonchev–Trinajstić information content (AvgIpc) is 2.96. The quantitative estimate of drug-likeness (QED) is 0.816. The average molecular weight is 217 g/mol. The molecule has 0 unspecified atom stereocenters. The Hall–Kier alpha value is -1.88. The molecule has 0 spiro atoms. The zero-order chi connectivity index (χ0) is 11.0. The molecule has 0 bridgehead atoms. The predicted octanol–water partition coefficient (Wildman–Crippen LogP) is 1.13. The van der Waals surface area contributed by atoms with Crippen LogP contribution < -0.4 is 10.5 Å². The summed E-state index contributed by atoms with van der Waals surface area (Å²) in [5, 5.41) is 7.78. The van der Waals surface area contributed by atoms with E-state index in [1.165, 1.54) is 5.56 Å². The Balaban J connectivity index is 2.00. The van der Waals surface area contributed by atoms with Crippen molar-refractivity contribution in [3.05, 3.63) is 29.7 Å². The van der Waals surface area contributed by atoms with Crippen molar-refractivity contribution in [2.24, 2.45) is 5.73 Å². The highest BCUT2D eigenvalue weighted by molar-refractivity contribution is 5.57. The van der Waals surface area contributed by atoms with E-state index in [9.17, 15) is 0 Å². The van der Waals surface area contributed by atoms with Crippen LogP contribution in [0.4, 0.5) is 0 Å². The number of nitrogens with two attached hydrogens (primary N) is 1. The Kier molecular flexibility index (Phi) is 2.11. The van der Waals surface area contributed by atoms with Crippen molar-refractivity contribution in [3.8, 4) is 17.2 Å². The maximum atomic E-state index is 5.43. The normalized spacial score (nSPS) is 13.6. The van der Waals surface area contributed by atoms with Crippen LogP contribution in [0.1, 0.15) is 11.5 Å². The van der Waals surface area contributed by atoms with E-state index in [0.717, 1.165) is 24.3 Å². The largest absolute Gasteiger partial charge is 0.493 e. The fourth-order valence-corrected chi connectivity index (χ4v) is 1.77. The van der Waals surface area contributed by atoms with E-state index in [0.29, 0.717) is 11.8 Å². The molecule has 2 aromatic rings. The summed E-state index contributed by atoms with van der Waals surface area (Å²) in [5.41, 5.74) is 7.51. The van der Waals surface area contributed by atoms with Gasteiger partial charge >= 0.3 is 0 Å². The van der Waals surface area contributed by atoms with E-state index in [4.69, 9.17) is 14.9 Å². The van der Waals surface area contributed by atoms with E-state index in [2.05, 4.69) is 10.2 Å². The van der Waals surface area contributed by atoms with Crippen LogP contribution in [0, 0.1) is 0 Å². The van der Waals surface area contributed by atoms with Gasteiger partial charge in [0, 0.05) is 12.0 Å². The van der Waals surface area contributed by atoms with Crippen molar-refractivity contribution in [3.63, 3.8) is 0 Å². The second-order valence-corrected chi connectivity index (χ2v) is 3.63. The van der Waals surface area contributed by atoms with Crippen LogP contribution in [0.5, 0.6) is 5.75 Å². The minimum Gasteiger partial charge on any atom is -0.493 e. The first-order valence-electron chi connectivity index (χ1n) is 5.15. The molecule has 5 nitrogen and oxygen atoms in total. The monoisotopic (exact) mass is 217 g/mol. The molecule has 82 valence electrons. The molecule has 0 saturated heterocycles. The van der Waals surface area contributed by atoms with Crippen molar-refractivity contribution in [1.82, 2.24) is 10.2 Å². The molecule has 1 aliphatic rings. The summed E-state index contributed by atoms with van der Waals surface area (Å²) < 4.78 is 10.8. The van der Waals surface area contributed by atoms with Crippen LogP contribution in [0.25, 0.3) is 11.5 Å². The third-order valence-corrected chi connectivity index (χ3v) is 2.58. The van der Waals surface area contributed by atoms with Crippen LogP contribution in [0.2, 0.25) is 0 Å².